The van der Waals surface area contributed by atoms with Gasteiger partial charge in [-0.15, -0.1) is 6.42 Å². The number of carbonyl (C=O) groups excluding carboxylic acids is 1. The van der Waals surface area contributed by atoms with E-state index in [9.17, 15) is 9.18 Å². The topological polar surface area (TPSA) is 71.5 Å². The van der Waals surface area contributed by atoms with Gasteiger partial charge in [0.05, 0.1) is 16.6 Å². The highest BCUT2D eigenvalue weighted by Crippen LogP contribution is 2.40. The maximum Gasteiger partial charge on any atom is 0.410 e. The fourth-order valence-corrected chi connectivity index (χ4v) is 6.60. The Labute approximate surface area is 267 Å². The number of rotatable bonds is 3. The van der Waals surface area contributed by atoms with Crippen LogP contribution in [0.15, 0.2) is 35.5 Å². The van der Waals surface area contributed by atoms with Crippen LogP contribution in [0.4, 0.5) is 19.4 Å². The molecular formula is C35H39F2N5O2S. The van der Waals surface area contributed by atoms with Gasteiger partial charge >= 0.3 is 6.09 Å². The summed E-state index contributed by atoms with van der Waals surface area (Å²) in [5, 5.41) is 2.20. The van der Waals surface area contributed by atoms with Crippen molar-refractivity contribution in [2.45, 2.75) is 77.6 Å². The zero-order valence-corrected chi connectivity index (χ0v) is 27.5. The highest BCUT2D eigenvalue weighted by Gasteiger charge is 2.36. The van der Waals surface area contributed by atoms with E-state index in [2.05, 4.69) is 10.8 Å². The summed E-state index contributed by atoms with van der Waals surface area (Å²) in [6.07, 6.45) is 7.51. The van der Waals surface area contributed by atoms with Crippen LogP contribution in [-0.2, 0) is 11.2 Å². The van der Waals surface area contributed by atoms with E-state index in [1.54, 1.807) is 23.1 Å². The molecule has 0 spiro atoms. The highest BCUT2D eigenvalue weighted by atomic mass is 32.2. The number of carbonyl (C=O) groups is 1. The van der Waals surface area contributed by atoms with E-state index in [1.807, 2.05) is 47.6 Å². The quantitative estimate of drug-likeness (QED) is 0.129. The van der Waals surface area contributed by atoms with Crippen LogP contribution in [0.2, 0.25) is 0 Å². The van der Waals surface area contributed by atoms with Gasteiger partial charge in [-0.3, -0.25) is 0 Å². The molecule has 1 unspecified atom stereocenters. The van der Waals surface area contributed by atoms with Crippen molar-refractivity contribution in [2.75, 3.05) is 30.3 Å². The van der Waals surface area contributed by atoms with Crippen molar-refractivity contribution in [3.63, 3.8) is 0 Å². The van der Waals surface area contributed by atoms with Gasteiger partial charge in [0.1, 0.15) is 28.4 Å². The minimum atomic E-state index is -0.593. The fourth-order valence-electron chi connectivity index (χ4n) is 6.04. The summed E-state index contributed by atoms with van der Waals surface area (Å²) in [6.45, 7) is 13.0. The number of pyridine rings is 1. The average molecular weight is 632 g/mol. The monoisotopic (exact) mass is 631 g/mol. The Morgan fingerprint density at radius 3 is 2.60 bits per heavy atom. The number of anilines is 1. The number of ether oxygens (including phenoxy) is 1. The third kappa shape index (κ3) is 6.28. The van der Waals surface area contributed by atoms with E-state index in [1.165, 1.54) is 17.8 Å². The molecule has 2 aliphatic rings. The Morgan fingerprint density at radius 2 is 1.89 bits per heavy atom. The van der Waals surface area contributed by atoms with E-state index < -0.39 is 17.2 Å². The minimum Gasteiger partial charge on any atom is -0.444 e. The number of aromatic nitrogens is 3. The smallest absolute Gasteiger partial charge is 0.410 e. The second-order valence-electron chi connectivity index (χ2n) is 11.8. The molecule has 4 heterocycles. The van der Waals surface area contributed by atoms with Crippen LogP contribution in [0.1, 0.15) is 65.6 Å². The van der Waals surface area contributed by atoms with Gasteiger partial charge in [-0.05, 0) is 57.2 Å². The molecule has 1 fully saturated rings. The van der Waals surface area contributed by atoms with Crippen LogP contribution in [0.25, 0.3) is 32.9 Å². The van der Waals surface area contributed by atoms with Gasteiger partial charge in [-0.2, -0.15) is 0 Å². The van der Waals surface area contributed by atoms with Crippen LogP contribution in [0, 0.1) is 24.0 Å². The Balaban J connectivity index is 0.00000196. The predicted molar refractivity (Wildman–Crippen MR) is 178 cm³/mol. The number of piperazine rings is 1. The average Bonchev–Trinajstić information content (AvgIpc) is 3.01. The number of amides is 1. The molecule has 0 radical (unpaired) electrons. The summed E-state index contributed by atoms with van der Waals surface area (Å²) in [7, 11) is 0. The molecule has 1 amide bonds. The van der Waals surface area contributed by atoms with Gasteiger partial charge in [-0.25, -0.2) is 28.5 Å². The van der Waals surface area contributed by atoms with Crippen molar-refractivity contribution in [3.05, 3.63) is 53.2 Å². The number of terminal acetylenes is 1. The summed E-state index contributed by atoms with van der Waals surface area (Å²) in [5.41, 5.74) is 0.894. The lowest BCUT2D eigenvalue weighted by Crippen LogP contribution is -2.56. The molecular weight excluding hydrogens is 592 g/mol. The van der Waals surface area contributed by atoms with Crippen LogP contribution < -0.4 is 4.90 Å². The van der Waals surface area contributed by atoms with E-state index in [-0.39, 0.29) is 28.9 Å². The second kappa shape index (κ2) is 13.2. The van der Waals surface area contributed by atoms with Crippen LogP contribution in [0.3, 0.4) is 0 Å². The number of hydrogen-bond acceptors (Lipinski definition) is 7. The van der Waals surface area contributed by atoms with Gasteiger partial charge in [0.2, 0.25) is 0 Å². The summed E-state index contributed by atoms with van der Waals surface area (Å²) < 4.78 is 37.2. The first kappa shape index (κ1) is 32.4. The molecule has 45 heavy (non-hydrogen) atoms. The number of fused-ring (bicyclic) bond motifs is 3. The fraction of sp³-hybridized carbons (Fsp3) is 0.429. The third-order valence-electron chi connectivity index (χ3n) is 7.85. The molecule has 0 bridgehead atoms. The van der Waals surface area contributed by atoms with E-state index >= 15 is 4.39 Å². The summed E-state index contributed by atoms with van der Waals surface area (Å²) in [5.74, 6) is 2.67. The van der Waals surface area contributed by atoms with Gasteiger partial charge < -0.3 is 14.5 Å². The number of nitrogens with zero attached hydrogens (tertiary/aromatic N) is 5. The Kier molecular flexibility index (Phi) is 9.49. The molecule has 0 saturated carbocycles. The number of thioether (sulfide) groups is 1. The van der Waals surface area contributed by atoms with Gasteiger partial charge in [0.25, 0.3) is 0 Å². The molecule has 6 rings (SSSR count). The highest BCUT2D eigenvalue weighted by molar-refractivity contribution is 7.99. The van der Waals surface area contributed by atoms with Crippen LogP contribution >= 0.6 is 11.8 Å². The minimum absolute atomic E-state index is 0.0195. The lowest BCUT2D eigenvalue weighted by molar-refractivity contribution is 0.0211. The van der Waals surface area contributed by atoms with Crippen LogP contribution in [-0.4, -0.2) is 63.0 Å². The van der Waals surface area contributed by atoms with Crippen molar-refractivity contribution < 1.29 is 18.3 Å². The molecule has 7 nitrogen and oxygen atoms in total. The van der Waals surface area contributed by atoms with E-state index in [0.717, 1.165) is 12.8 Å². The molecule has 2 aliphatic heterocycles. The second-order valence-corrected chi connectivity index (χ2v) is 13.1. The molecule has 2 aromatic heterocycles. The van der Waals surface area contributed by atoms with Gasteiger partial charge in [-0.1, -0.05) is 62.7 Å². The SMILES string of the molecule is C#Cc1c(F)ccc2cccc(-c3nc4c5c(nc(SCC)nc5c3F)N3CCN(C(=O)OC(C)(C)C)CC3CCC4)c12.CC. The number of hydrogen-bond donors (Lipinski definition) is 0. The van der Waals surface area contributed by atoms with Gasteiger partial charge in [0, 0.05) is 36.6 Å². The van der Waals surface area contributed by atoms with Crippen molar-refractivity contribution in [1.82, 2.24) is 19.9 Å². The first-order valence-electron chi connectivity index (χ1n) is 15.5. The first-order chi connectivity index (χ1) is 21.6. The van der Waals surface area contributed by atoms with Crippen molar-refractivity contribution in [3.8, 4) is 23.6 Å². The maximum absolute atomic E-state index is 16.7. The van der Waals surface area contributed by atoms with Gasteiger partial charge in [0.15, 0.2) is 11.0 Å². The summed E-state index contributed by atoms with van der Waals surface area (Å²) in [4.78, 5) is 31.4. The van der Waals surface area contributed by atoms with Crippen LogP contribution in [0.5, 0.6) is 0 Å². The van der Waals surface area contributed by atoms with E-state index in [0.29, 0.717) is 70.2 Å². The predicted octanol–water partition coefficient (Wildman–Crippen LogP) is 8.00. The Morgan fingerprint density at radius 1 is 1.11 bits per heavy atom. The molecule has 0 N–H and O–H groups in total. The zero-order valence-electron chi connectivity index (χ0n) is 26.7. The normalized spacial score (nSPS) is 16.3. The standard InChI is InChI=1S/C33H33F2N5O2S.C2H6/c1-6-21-23(34)15-14-19-10-8-12-22(25(19)21)28-27(35)29-26-24(36-28)13-9-11-20-18-39(32(41)42-33(3,4)5)16-17-40(20)30(26)38-31(37-29)43-7-2;1-2/h1,8,10,12,14-15,20H,7,9,11,13,16-18H2,2-5H3;1-2H3. The van der Waals surface area contributed by atoms with Crippen molar-refractivity contribution >= 4 is 45.3 Å². The molecule has 2 aromatic carbocycles. The maximum atomic E-state index is 16.7. The number of halogens is 2. The number of benzene rings is 2. The molecule has 236 valence electrons. The largest absolute Gasteiger partial charge is 0.444 e. The molecule has 10 heteroatoms. The van der Waals surface area contributed by atoms with E-state index in [4.69, 9.17) is 26.1 Å². The zero-order chi connectivity index (χ0) is 32.5. The summed E-state index contributed by atoms with van der Waals surface area (Å²) in [6, 6.07) is 8.29. The molecule has 1 saturated heterocycles. The number of aryl methyl sites for hydroxylation is 1. The van der Waals surface area contributed by atoms with Crippen molar-refractivity contribution in [1.29, 1.82) is 0 Å². The first-order valence-corrected chi connectivity index (χ1v) is 16.5. The van der Waals surface area contributed by atoms with Crippen molar-refractivity contribution in [2.24, 2.45) is 0 Å². The third-order valence-corrected chi connectivity index (χ3v) is 8.58. The lowest BCUT2D eigenvalue weighted by atomic mass is 9.94. The summed E-state index contributed by atoms with van der Waals surface area (Å²) >= 11 is 1.44. The Hall–Kier alpha value is -3.97. The molecule has 4 aromatic rings. The molecule has 0 aliphatic carbocycles. The molecule has 1 atom stereocenters. The Bertz CT molecular complexity index is 1800. The lowest BCUT2D eigenvalue weighted by Gasteiger charge is -2.43.